The molecule has 0 saturated heterocycles. The maximum Gasteiger partial charge on any atom is 0.331 e. The molecule has 0 atom stereocenters. The summed E-state index contributed by atoms with van der Waals surface area (Å²) < 4.78 is 6.66. The Kier molecular flexibility index (Phi) is 4.95. The van der Waals surface area contributed by atoms with Gasteiger partial charge in [0.05, 0.1) is 4.92 Å². The van der Waals surface area contributed by atoms with Gasteiger partial charge >= 0.3 is 5.69 Å². The first-order valence-corrected chi connectivity index (χ1v) is 7.31. The van der Waals surface area contributed by atoms with E-state index in [2.05, 4.69) is 36.8 Å². The van der Waals surface area contributed by atoms with E-state index in [9.17, 15) is 10.1 Å². The third kappa shape index (κ3) is 3.68. The van der Waals surface area contributed by atoms with Crippen molar-refractivity contribution in [1.82, 2.24) is 4.98 Å². The molecule has 0 saturated carbocycles. The van der Waals surface area contributed by atoms with E-state index in [1.165, 1.54) is 12.1 Å². The highest BCUT2D eigenvalue weighted by atomic mass is 79.9. The number of nitrogens with zero attached hydrogens (tertiary/aromatic N) is 2. The van der Waals surface area contributed by atoms with Gasteiger partial charge in [0.25, 0.3) is 5.88 Å². The lowest BCUT2D eigenvalue weighted by atomic mass is 10.2. The van der Waals surface area contributed by atoms with Crippen LogP contribution < -0.4 is 4.74 Å². The Labute approximate surface area is 136 Å². The number of benzene rings is 1. The molecule has 1 aromatic heterocycles. The summed E-state index contributed by atoms with van der Waals surface area (Å²) in [6.45, 7) is 0.141. The molecule has 0 unspecified atom stereocenters. The molecule has 2 aromatic rings. The van der Waals surface area contributed by atoms with Crippen LogP contribution in [0.1, 0.15) is 5.56 Å². The van der Waals surface area contributed by atoms with E-state index < -0.39 is 4.92 Å². The second-order valence-corrected chi connectivity index (χ2v) is 5.84. The van der Waals surface area contributed by atoms with Crippen molar-refractivity contribution in [2.75, 3.05) is 0 Å². The number of rotatable bonds is 4. The van der Waals surface area contributed by atoms with Crippen LogP contribution in [-0.4, -0.2) is 9.91 Å². The van der Waals surface area contributed by atoms with Gasteiger partial charge in [-0.1, -0.05) is 33.6 Å². The zero-order valence-corrected chi connectivity index (χ0v) is 13.8. The highest BCUT2D eigenvalue weighted by Gasteiger charge is 2.17. The van der Waals surface area contributed by atoms with Gasteiger partial charge in [-0.25, -0.2) is 4.98 Å². The first kappa shape index (κ1) is 15.2. The van der Waals surface area contributed by atoms with Crippen LogP contribution in [0.15, 0.2) is 39.4 Å². The summed E-state index contributed by atoms with van der Waals surface area (Å²) in [5, 5.41) is 11.5. The highest BCUT2D eigenvalue weighted by molar-refractivity contribution is 9.10. The predicted octanol–water partition coefficient (Wildman–Crippen LogP) is 4.75. The summed E-state index contributed by atoms with van der Waals surface area (Å²) in [4.78, 5) is 14.3. The molecular formula is C12H7Br2ClN2O3. The van der Waals surface area contributed by atoms with Gasteiger partial charge < -0.3 is 4.74 Å². The van der Waals surface area contributed by atoms with Crippen molar-refractivity contribution in [2.45, 2.75) is 6.61 Å². The van der Waals surface area contributed by atoms with Gasteiger partial charge in [0.1, 0.15) is 11.2 Å². The molecule has 20 heavy (non-hydrogen) atoms. The Bertz CT molecular complexity index is 667. The standard InChI is InChI=1S/C12H7Br2ClN2O3/c13-9-5-8(15)2-1-7(9)6-20-12-10(17(18)19)3-4-11(14)16-12/h1-5H,6H2. The number of aromatic nitrogens is 1. The smallest absolute Gasteiger partial charge is 0.331 e. The maximum absolute atomic E-state index is 10.9. The van der Waals surface area contributed by atoms with E-state index in [-0.39, 0.29) is 18.2 Å². The number of nitro groups is 1. The number of hydrogen-bond acceptors (Lipinski definition) is 4. The topological polar surface area (TPSA) is 65.3 Å². The summed E-state index contributed by atoms with van der Waals surface area (Å²) in [6.07, 6.45) is 0. The van der Waals surface area contributed by atoms with Gasteiger partial charge in [-0.3, -0.25) is 10.1 Å². The fraction of sp³-hybridized carbons (Fsp3) is 0.0833. The lowest BCUT2D eigenvalue weighted by Gasteiger charge is -2.08. The van der Waals surface area contributed by atoms with Crippen LogP contribution in [0, 0.1) is 10.1 Å². The predicted molar refractivity (Wildman–Crippen MR) is 82.1 cm³/mol. The van der Waals surface area contributed by atoms with Crippen molar-refractivity contribution in [2.24, 2.45) is 0 Å². The first-order valence-electron chi connectivity index (χ1n) is 5.35. The monoisotopic (exact) mass is 420 g/mol. The molecule has 0 aliphatic carbocycles. The molecule has 1 aromatic carbocycles. The Balaban J connectivity index is 2.22. The molecule has 0 aliphatic heterocycles. The highest BCUT2D eigenvalue weighted by Crippen LogP contribution is 2.28. The van der Waals surface area contributed by atoms with Crippen LogP contribution in [0.2, 0.25) is 5.02 Å². The second kappa shape index (κ2) is 6.51. The number of ether oxygens (including phenoxy) is 1. The lowest BCUT2D eigenvalue weighted by molar-refractivity contribution is -0.386. The van der Waals surface area contributed by atoms with Crippen molar-refractivity contribution in [3.8, 4) is 5.88 Å². The number of pyridine rings is 1. The summed E-state index contributed by atoms with van der Waals surface area (Å²) in [5.74, 6) is -0.0359. The molecular weight excluding hydrogens is 415 g/mol. The summed E-state index contributed by atoms with van der Waals surface area (Å²) in [7, 11) is 0. The van der Waals surface area contributed by atoms with Crippen LogP contribution in [0.25, 0.3) is 0 Å². The van der Waals surface area contributed by atoms with Crippen LogP contribution in [0.3, 0.4) is 0 Å². The van der Waals surface area contributed by atoms with E-state index in [1.54, 1.807) is 18.2 Å². The molecule has 8 heteroatoms. The molecule has 1 heterocycles. The molecule has 5 nitrogen and oxygen atoms in total. The minimum Gasteiger partial charge on any atom is -0.468 e. The fourth-order valence-corrected chi connectivity index (χ4v) is 2.53. The fourth-order valence-electron chi connectivity index (χ4n) is 1.44. The van der Waals surface area contributed by atoms with Gasteiger partial charge in [0.2, 0.25) is 0 Å². The molecule has 0 fully saturated rings. The largest absolute Gasteiger partial charge is 0.468 e. The molecule has 104 valence electrons. The van der Waals surface area contributed by atoms with Crippen molar-refractivity contribution in [1.29, 1.82) is 0 Å². The van der Waals surface area contributed by atoms with E-state index >= 15 is 0 Å². The Morgan fingerprint density at radius 3 is 2.70 bits per heavy atom. The van der Waals surface area contributed by atoms with Gasteiger partial charge in [-0.2, -0.15) is 0 Å². The molecule has 0 amide bonds. The summed E-state index contributed by atoms with van der Waals surface area (Å²) in [5.41, 5.74) is 0.628. The number of halogens is 3. The van der Waals surface area contributed by atoms with E-state index in [1.807, 2.05) is 0 Å². The quantitative estimate of drug-likeness (QED) is 0.405. The molecule has 0 bridgehead atoms. The Hall–Kier alpha value is -1.18. The van der Waals surface area contributed by atoms with Gasteiger partial charge in [-0.05, 0) is 34.1 Å². The lowest BCUT2D eigenvalue weighted by Crippen LogP contribution is -2.02. The third-order valence-electron chi connectivity index (χ3n) is 2.38. The SMILES string of the molecule is O=[N+]([O-])c1ccc(Br)nc1OCc1ccc(Cl)cc1Br. The van der Waals surface area contributed by atoms with Gasteiger partial charge in [0, 0.05) is 21.1 Å². The molecule has 0 aliphatic rings. The van der Waals surface area contributed by atoms with E-state index in [0.29, 0.717) is 9.63 Å². The zero-order chi connectivity index (χ0) is 14.7. The van der Waals surface area contributed by atoms with Crippen LogP contribution in [0.5, 0.6) is 5.88 Å². The minimum atomic E-state index is -0.536. The van der Waals surface area contributed by atoms with Crippen molar-refractivity contribution in [3.05, 3.63) is 60.1 Å². The second-order valence-electron chi connectivity index (χ2n) is 3.74. The Morgan fingerprint density at radius 1 is 1.30 bits per heavy atom. The average molecular weight is 422 g/mol. The zero-order valence-electron chi connectivity index (χ0n) is 9.85. The Morgan fingerprint density at radius 2 is 2.05 bits per heavy atom. The first-order chi connectivity index (χ1) is 9.47. The normalized spacial score (nSPS) is 10.3. The van der Waals surface area contributed by atoms with E-state index in [4.69, 9.17) is 16.3 Å². The van der Waals surface area contributed by atoms with Gasteiger partial charge in [0.15, 0.2) is 0 Å². The van der Waals surface area contributed by atoms with E-state index in [0.717, 1.165) is 10.0 Å². The summed E-state index contributed by atoms with van der Waals surface area (Å²) >= 11 is 12.4. The number of hydrogen-bond donors (Lipinski definition) is 0. The van der Waals surface area contributed by atoms with Gasteiger partial charge in [-0.15, -0.1) is 0 Å². The van der Waals surface area contributed by atoms with Crippen molar-refractivity contribution >= 4 is 49.1 Å². The average Bonchev–Trinajstić information content (AvgIpc) is 2.37. The van der Waals surface area contributed by atoms with Crippen molar-refractivity contribution in [3.63, 3.8) is 0 Å². The van der Waals surface area contributed by atoms with Crippen molar-refractivity contribution < 1.29 is 9.66 Å². The van der Waals surface area contributed by atoms with Crippen LogP contribution in [0.4, 0.5) is 5.69 Å². The van der Waals surface area contributed by atoms with Crippen LogP contribution in [-0.2, 0) is 6.61 Å². The molecule has 0 N–H and O–H groups in total. The molecule has 0 spiro atoms. The molecule has 0 radical (unpaired) electrons. The van der Waals surface area contributed by atoms with Crippen LogP contribution >= 0.6 is 43.5 Å². The minimum absolute atomic E-state index is 0.0359. The maximum atomic E-state index is 10.9. The molecule has 2 rings (SSSR count). The summed E-state index contributed by atoms with van der Waals surface area (Å²) in [6, 6.07) is 8.04. The third-order valence-corrected chi connectivity index (χ3v) is 3.80.